The van der Waals surface area contributed by atoms with E-state index in [1.807, 2.05) is 6.07 Å². The van der Waals surface area contributed by atoms with Crippen LogP contribution in [0.1, 0.15) is 28.9 Å². The molecule has 0 aromatic heterocycles. The van der Waals surface area contributed by atoms with Crippen molar-refractivity contribution in [1.82, 2.24) is 10.6 Å². The lowest BCUT2D eigenvalue weighted by Crippen LogP contribution is -2.47. The number of para-hydroxylation sites is 1. The average Bonchev–Trinajstić information content (AvgIpc) is 2.77. The molecule has 0 aliphatic carbocycles. The zero-order chi connectivity index (χ0) is 21.5. The van der Waals surface area contributed by atoms with Crippen molar-refractivity contribution in [1.29, 1.82) is 0 Å². The van der Waals surface area contributed by atoms with Crippen LogP contribution in [0.3, 0.4) is 0 Å². The first kappa shape index (κ1) is 20.9. The molecule has 2 aromatic rings. The van der Waals surface area contributed by atoms with Crippen LogP contribution in [-0.4, -0.2) is 38.2 Å². The molecule has 3 rings (SSSR count). The van der Waals surface area contributed by atoms with Gasteiger partial charge in [-0.3, -0.25) is 0 Å². The first-order valence-corrected chi connectivity index (χ1v) is 9.51. The summed E-state index contributed by atoms with van der Waals surface area (Å²) >= 11 is 0. The van der Waals surface area contributed by atoms with Crippen LogP contribution in [0.5, 0.6) is 0 Å². The fraction of sp³-hybridized carbons (Fsp3) is 0.227. The van der Waals surface area contributed by atoms with Gasteiger partial charge < -0.3 is 25.4 Å². The maximum atomic E-state index is 12.7. The summed E-state index contributed by atoms with van der Waals surface area (Å²) < 4.78 is 10.6. The maximum Gasteiger partial charge on any atom is 0.340 e. The van der Waals surface area contributed by atoms with E-state index < -0.39 is 24.0 Å². The number of esters is 2. The molecule has 8 nitrogen and oxygen atoms in total. The van der Waals surface area contributed by atoms with Gasteiger partial charge in [-0.1, -0.05) is 42.5 Å². The van der Waals surface area contributed by atoms with Crippen LogP contribution >= 0.6 is 0 Å². The van der Waals surface area contributed by atoms with Gasteiger partial charge in [0.05, 0.1) is 29.5 Å². The monoisotopic (exact) mass is 409 g/mol. The number of urea groups is 1. The van der Waals surface area contributed by atoms with Gasteiger partial charge in [-0.2, -0.15) is 0 Å². The van der Waals surface area contributed by atoms with Gasteiger partial charge in [0, 0.05) is 12.7 Å². The number of carbonyl (C=O) groups is 3. The first-order chi connectivity index (χ1) is 14.5. The van der Waals surface area contributed by atoms with E-state index in [2.05, 4.69) is 16.0 Å². The standard InChI is InChI=1S/C22H23N3O5/c1-3-29-21(27)18-17(13-30-20(26)15-11-7-8-12-16(15)23-2)24-22(28)25-19(18)14-9-5-4-6-10-14/h4-12,19,23H,3,13H2,1-2H3,(H2,24,25,28)/t19-/m1/s1. The number of carbonyl (C=O) groups excluding carboxylic acids is 3. The Kier molecular flexibility index (Phi) is 6.69. The molecule has 0 spiro atoms. The Morgan fingerprint density at radius 2 is 1.70 bits per heavy atom. The summed E-state index contributed by atoms with van der Waals surface area (Å²) in [5, 5.41) is 8.23. The molecule has 156 valence electrons. The third-order valence-electron chi connectivity index (χ3n) is 4.55. The number of rotatable bonds is 7. The normalized spacial score (nSPS) is 15.7. The van der Waals surface area contributed by atoms with Gasteiger partial charge in [0.2, 0.25) is 0 Å². The third-order valence-corrected chi connectivity index (χ3v) is 4.55. The average molecular weight is 409 g/mol. The molecule has 2 amide bonds. The van der Waals surface area contributed by atoms with Crippen LogP contribution in [0.25, 0.3) is 0 Å². The molecule has 0 radical (unpaired) electrons. The predicted octanol–water partition coefficient (Wildman–Crippen LogP) is 2.76. The van der Waals surface area contributed by atoms with E-state index in [-0.39, 0.29) is 24.5 Å². The van der Waals surface area contributed by atoms with Crippen LogP contribution in [0.4, 0.5) is 10.5 Å². The minimum absolute atomic E-state index is 0.167. The number of nitrogens with one attached hydrogen (secondary N) is 3. The van der Waals surface area contributed by atoms with Gasteiger partial charge in [-0.15, -0.1) is 0 Å². The highest BCUT2D eigenvalue weighted by Crippen LogP contribution is 2.28. The van der Waals surface area contributed by atoms with Crippen molar-refractivity contribution >= 4 is 23.7 Å². The maximum absolute atomic E-state index is 12.7. The zero-order valence-electron chi connectivity index (χ0n) is 16.7. The summed E-state index contributed by atoms with van der Waals surface area (Å²) in [6.45, 7) is 1.57. The lowest BCUT2D eigenvalue weighted by molar-refractivity contribution is -0.139. The number of hydrogen-bond acceptors (Lipinski definition) is 6. The number of benzene rings is 2. The highest BCUT2D eigenvalue weighted by atomic mass is 16.5. The van der Waals surface area contributed by atoms with Crippen molar-refractivity contribution in [2.45, 2.75) is 13.0 Å². The van der Waals surface area contributed by atoms with Crippen molar-refractivity contribution in [2.24, 2.45) is 0 Å². The molecule has 0 bridgehead atoms. The molecule has 1 aliphatic rings. The minimum atomic E-state index is -0.725. The SMILES string of the molecule is CCOC(=O)C1=C(COC(=O)c2ccccc2NC)NC(=O)N[C@@H]1c1ccccc1. The van der Waals surface area contributed by atoms with Crippen LogP contribution in [0, 0.1) is 0 Å². The molecule has 3 N–H and O–H groups in total. The van der Waals surface area contributed by atoms with Crippen LogP contribution in [-0.2, 0) is 14.3 Å². The molecular formula is C22H23N3O5. The Bertz CT molecular complexity index is 972. The Morgan fingerprint density at radius 3 is 2.40 bits per heavy atom. The molecule has 2 aromatic carbocycles. The lowest BCUT2D eigenvalue weighted by atomic mass is 9.95. The van der Waals surface area contributed by atoms with Gasteiger partial charge in [0.1, 0.15) is 6.61 Å². The van der Waals surface area contributed by atoms with E-state index in [0.717, 1.165) is 0 Å². The second-order valence-electron chi connectivity index (χ2n) is 6.43. The number of amides is 2. The van der Waals surface area contributed by atoms with E-state index in [1.54, 1.807) is 62.5 Å². The Balaban J connectivity index is 1.92. The van der Waals surface area contributed by atoms with Crippen LogP contribution < -0.4 is 16.0 Å². The Hall–Kier alpha value is -3.81. The summed E-state index contributed by atoms with van der Waals surface area (Å²) in [7, 11) is 1.70. The fourth-order valence-corrected chi connectivity index (χ4v) is 3.17. The molecule has 0 fully saturated rings. The van der Waals surface area contributed by atoms with Crippen molar-refractivity contribution < 1.29 is 23.9 Å². The molecule has 1 aliphatic heterocycles. The molecule has 0 saturated heterocycles. The smallest absolute Gasteiger partial charge is 0.340 e. The molecule has 30 heavy (non-hydrogen) atoms. The first-order valence-electron chi connectivity index (χ1n) is 9.51. The lowest BCUT2D eigenvalue weighted by Gasteiger charge is -2.29. The van der Waals surface area contributed by atoms with Gasteiger partial charge in [-0.05, 0) is 24.6 Å². The van der Waals surface area contributed by atoms with E-state index in [4.69, 9.17) is 9.47 Å². The second kappa shape index (κ2) is 9.60. The number of anilines is 1. The topological polar surface area (TPSA) is 106 Å². The second-order valence-corrected chi connectivity index (χ2v) is 6.43. The highest BCUT2D eigenvalue weighted by Gasteiger charge is 2.34. The molecule has 0 saturated carbocycles. The summed E-state index contributed by atoms with van der Waals surface area (Å²) in [6.07, 6.45) is 0. The van der Waals surface area contributed by atoms with Crippen LogP contribution in [0.15, 0.2) is 65.9 Å². The van der Waals surface area contributed by atoms with Crippen molar-refractivity contribution in [3.63, 3.8) is 0 Å². The molecule has 1 atom stereocenters. The quantitative estimate of drug-likeness (QED) is 0.608. The fourth-order valence-electron chi connectivity index (χ4n) is 3.17. The van der Waals surface area contributed by atoms with Crippen LogP contribution in [0.2, 0.25) is 0 Å². The van der Waals surface area contributed by atoms with E-state index >= 15 is 0 Å². The summed E-state index contributed by atoms with van der Waals surface area (Å²) in [5.41, 5.74) is 2.04. The summed E-state index contributed by atoms with van der Waals surface area (Å²) in [5.74, 6) is -1.18. The third kappa shape index (κ3) is 4.60. The molecule has 0 unspecified atom stereocenters. The number of ether oxygens (including phenoxy) is 2. The van der Waals surface area contributed by atoms with E-state index in [0.29, 0.717) is 16.8 Å². The largest absolute Gasteiger partial charge is 0.463 e. The van der Waals surface area contributed by atoms with E-state index in [9.17, 15) is 14.4 Å². The zero-order valence-corrected chi connectivity index (χ0v) is 16.7. The van der Waals surface area contributed by atoms with Gasteiger partial charge in [0.25, 0.3) is 0 Å². The predicted molar refractivity (Wildman–Crippen MR) is 111 cm³/mol. The summed E-state index contributed by atoms with van der Waals surface area (Å²) in [6, 6.07) is 14.7. The van der Waals surface area contributed by atoms with Crippen molar-refractivity contribution in [3.8, 4) is 0 Å². The minimum Gasteiger partial charge on any atom is -0.463 e. The van der Waals surface area contributed by atoms with Gasteiger partial charge in [0.15, 0.2) is 0 Å². The number of hydrogen-bond donors (Lipinski definition) is 3. The molecule has 8 heteroatoms. The van der Waals surface area contributed by atoms with E-state index in [1.165, 1.54) is 0 Å². The Morgan fingerprint density at radius 1 is 1.00 bits per heavy atom. The van der Waals surface area contributed by atoms with Gasteiger partial charge in [-0.25, -0.2) is 14.4 Å². The molecular weight excluding hydrogens is 386 g/mol. The van der Waals surface area contributed by atoms with Crippen molar-refractivity contribution in [3.05, 3.63) is 77.0 Å². The Labute approximate surface area is 174 Å². The van der Waals surface area contributed by atoms with Crippen molar-refractivity contribution in [2.75, 3.05) is 25.6 Å². The summed E-state index contributed by atoms with van der Waals surface area (Å²) in [4.78, 5) is 37.5. The van der Waals surface area contributed by atoms with Gasteiger partial charge >= 0.3 is 18.0 Å². The molecule has 1 heterocycles. The highest BCUT2D eigenvalue weighted by molar-refractivity contribution is 5.97.